The van der Waals surface area contributed by atoms with E-state index in [0.717, 1.165) is 58.5 Å². The monoisotopic (exact) mass is 513 g/mol. The minimum Gasteiger partial charge on any atom is -0.352 e. The smallest absolute Gasteiger partial charge is 0.244 e. The SMILES string of the molecule is Cc1cccc(CN(C(=O)CN(c2ccc(C)c(C)c2)S(C)(=O)=O)[C@@H](C)C(=O)NC2CCCCC2)c1. The van der Waals surface area contributed by atoms with E-state index in [1.165, 1.54) is 11.3 Å². The summed E-state index contributed by atoms with van der Waals surface area (Å²) in [6, 6.07) is 12.5. The first kappa shape index (κ1) is 27.7. The Kier molecular flexibility index (Phi) is 9.17. The van der Waals surface area contributed by atoms with Crippen molar-refractivity contribution in [2.75, 3.05) is 17.1 Å². The summed E-state index contributed by atoms with van der Waals surface area (Å²) in [5.41, 5.74) is 4.34. The number of nitrogens with zero attached hydrogens (tertiary/aromatic N) is 2. The van der Waals surface area contributed by atoms with E-state index in [4.69, 9.17) is 0 Å². The van der Waals surface area contributed by atoms with Crippen molar-refractivity contribution in [1.29, 1.82) is 0 Å². The van der Waals surface area contributed by atoms with Crippen LogP contribution in [-0.4, -0.2) is 50.0 Å². The first-order valence-electron chi connectivity index (χ1n) is 12.7. The normalized spacial score (nSPS) is 15.2. The van der Waals surface area contributed by atoms with Crippen LogP contribution >= 0.6 is 0 Å². The van der Waals surface area contributed by atoms with Gasteiger partial charge in [0.05, 0.1) is 11.9 Å². The molecule has 7 nitrogen and oxygen atoms in total. The summed E-state index contributed by atoms with van der Waals surface area (Å²) >= 11 is 0. The minimum atomic E-state index is -3.74. The Morgan fingerprint density at radius 1 is 1.00 bits per heavy atom. The summed E-state index contributed by atoms with van der Waals surface area (Å²) in [5.74, 6) is -0.633. The van der Waals surface area contributed by atoms with Crippen molar-refractivity contribution < 1.29 is 18.0 Å². The van der Waals surface area contributed by atoms with Crippen molar-refractivity contribution in [3.8, 4) is 0 Å². The first-order chi connectivity index (χ1) is 17.0. The van der Waals surface area contributed by atoms with Crippen molar-refractivity contribution in [3.63, 3.8) is 0 Å². The van der Waals surface area contributed by atoms with E-state index in [0.29, 0.717) is 5.69 Å². The minimum absolute atomic E-state index is 0.118. The number of benzene rings is 2. The Morgan fingerprint density at radius 3 is 2.31 bits per heavy atom. The van der Waals surface area contributed by atoms with E-state index < -0.39 is 22.0 Å². The third-order valence-electron chi connectivity index (χ3n) is 7.01. The maximum atomic E-state index is 13.7. The second-order valence-corrected chi connectivity index (χ2v) is 12.0. The molecule has 0 aliphatic heterocycles. The van der Waals surface area contributed by atoms with Crippen LogP contribution in [-0.2, 0) is 26.2 Å². The summed E-state index contributed by atoms with van der Waals surface area (Å²) in [6.07, 6.45) is 6.34. The molecule has 0 bridgehead atoms. The Morgan fingerprint density at radius 2 is 1.69 bits per heavy atom. The molecule has 0 saturated heterocycles. The van der Waals surface area contributed by atoms with E-state index in [-0.39, 0.29) is 25.0 Å². The molecule has 1 atom stereocenters. The maximum absolute atomic E-state index is 13.7. The molecule has 2 aromatic carbocycles. The molecule has 36 heavy (non-hydrogen) atoms. The lowest BCUT2D eigenvalue weighted by atomic mass is 9.95. The molecular formula is C28H39N3O4S. The lowest BCUT2D eigenvalue weighted by molar-refractivity contribution is -0.139. The predicted octanol–water partition coefficient (Wildman–Crippen LogP) is 4.24. The number of sulfonamides is 1. The van der Waals surface area contributed by atoms with Crippen molar-refractivity contribution in [2.45, 2.75) is 78.4 Å². The van der Waals surface area contributed by atoms with Gasteiger partial charge in [-0.15, -0.1) is 0 Å². The number of rotatable bonds is 9. The topological polar surface area (TPSA) is 86.8 Å². The lowest BCUT2D eigenvalue weighted by Gasteiger charge is -2.33. The van der Waals surface area contributed by atoms with Gasteiger partial charge in [-0.05, 0) is 69.4 Å². The molecule has 2 amide bonds. The number of hydrogen-bond acceptors (Lipinski definition) is 4. The van der Waals surface area contributed by atoms with Crippen molar-refractivity contribution in [3.05, 3.63) is 64.7 Å². The van der Waals surface area contributed by atoms with Crippen LogP contribution in [0.4, 0.5) is 5.69 Å². The Balaban J connectivity index is 1.88. The fourth-order valence-electron chi connectivity index (χ4n) is 4.65. The average molecular weight is 514 g/mol. The lowest BCUT2D eigenvalue weighted by Crippen LogP contribution is -2.53. The Labute approximate surface area is 215 Å². The highest BCUT2D eigenvalue weighted by Crippen LogP contribution is 2.23. The van der Waals surface area contributed by atoms with Gasteiger partial charge in [-0.25, -0.2) is 8.42 Å². The second kappa shape index (κ2) is 11.9. The van der Waals surface area contributed by atoms with Gasteiger partial charge < -0.3 is 10.2 Å². The van der Waals surface area contributed by atoms with Crippen LogP contribution in [0.15, 0.2) is 42.5 Å². The molecule has 0 aromatic heterocycles. The van der Waals surface area contributed by atoms with E-state index in [1.54, 1.807) is 19.1 Å². The van der Waals surface area contributed by atoms with Gasteiger partial charge in [0.15, 0.2) is 0 Å². The molecule has 3 rings (SSSR count). The number of carbonyl (C=O) groups is 2. The standard InChI is InChI=1S/C28H39N3O4S/c1-20-10-9-11-24(16-20)18-30(23(4)28(33)29-25-12-7-6-8-13-25)27(32)19-31(36(5,34)35)26-15-14-21(2)22(3)17-26/h9-11,14-17,23,25H,6-8,12-13,18-19H2,1-5H3,(H,29,33)/t23-/m0/s1. The molecule has 1 aliphatic carbocycles. The largest absolute Gasteiger partial charge is 0.352 e. The van der Waals surface area contributed by atoms with E-state index in [9.17, 15) is 18.0 Å². The molecule has 1 N–H and O–H groups in total. The number of amides is 2. The zero-order valence-corrected chi connectivity index (χ0v) is 22.9. The zero-order valence-electron chi connectivity index (χ0n) is 22.1. The van der Waals surface area contributed by atoms with E-state index in [2.05, 4.69) is 5.32 Å². The van der Waals surface area contributed by atoms with Crippen molar-refractivity contribution >= 4 is 27.5 Å². The van der Waals surface area contributed by atoms with Crippen molar-refractivity contribution in [2.24, 2.45) is 0 Å². The number of hydrogen-bond donors (Lipinski definition) is 1. The molecule has 0 radical (unpaired) electrons. The number of aryl methyl sites for hydroxylation is 3. The fourth-order valence-corrected chi connectivity index (χ4v) is 5.49. The van der Waals surface area contributed by atoms with Gasteiger partial charge in [0.1, 0.15) is 12.6 Å². The predicted molar refractivity (Wildman–Crippen MR) is 144 cm³/mol. The summed E-state index contributed by atoms with van der Waals surface area (Å²) in [6.45, 7) is 7.37. The van der Waals surface area contributed by atoms with Crippen LogP contribution in [0.5, 0.6) is 0 Å². The van der Waals surface area contributed by atoms with Gasteiger partial charge in [0.2, 0.25) is 21.8 Å². The van der Waals surface area contributed by atoms with Gasteiger partial charge in [-0.3, -0.25) is 13.9 Å². The summed E-state index contributed by atoms with van der Waals surface area (Å²) in [4.78, 5) is 28.4. The molecule has 0 spiro atoms. The molecule has 0 heterocycles. The van der Waals surface area contributed by atoms with Crippen LogP contribution in [0.25, 0.3) is 0 Å². The van der Waals surface area contributed by atoms with Crippen LogP contribution in [0.1, 0.15) is 61.3 Å². The maximum Gasteiger partial charge on any atom is 0.244 e. The molecule has 8 heteroatoms. The van der Waals surface area contributed by atoms with Gasteiger partial charge in [0.25, 0.3) is 0 Å². The van der Waals surface area contributed by atoms with E-state index >= 15 is 0 Å². The third kappa shape index (κ3) is 7.32. The van der Waals surface area contributed by atoms with Crippen LogP contribution in [0.2, 0.25) is 0 Å². The molecular weight excluding hydrogens is 474 g/mol. The van der Waals surface area contributed by atoms with Gasteiger partial charge in [-0.2, -0.15) is 0 Å². The Bertz CT molecular complexity index is 1190. The Hall–Kier alpha value is -2.87. The third-order valence-corrected chi connectivity index (χ3v) is 8.15. The number of anilines is 1. The molecule has 2 aromatic rings. The van der Waals surface area contributed by atoms with Gasteiger partial charge in [0, 0.05) is 12.6 Å². The summed E-state index contributed by atoms with van der Waals surface area (Å²) in [7, 11) is -3.74. The molecule has 1 saturated carbocycles. The second-order valence-electron chi connectivity index (χ2n) is 10.1. The van der Waals surface area contributed by atoms with E-state index in [1.807, 2.05) is 51.1 Å². The average Bonchev–Trinajstić information content (AvgIpc) is 2.82. The summed E-state index contributed by atoms with van der Waals surface area (Å²) < 4.78 is 26.6. The zero-order chi connectivity index (χ0) is 26.5. The van der Waals surface area contributed by atoms with Crippen LogP contribution in [0, 0.1) is 20.8 Å². The van der Waals surface area contributed by atoms with Crippen LogP contribution < -0.4 is 9.62 Å². The molecule has 1 aliphatic rings. The first-order valence-corrected chi connectivity index (χ1v) is 14.5. The van der Waals surface area contributed by atoms with Crippen LogP contribution in [0.3, 0.4) is 0 Å². The highest BCUT2D eigenvalue weighted by Gasteiger charge is 2.31. The van der Waals surface area contributed by atoms with Gasteiger partial charge >= 0.3 is 0 Å². The molecule has 0 unspecified atom stereocenters. The number of nitrogens with one attached hydrogen (secondary N) is 1. The van der Waals surface area contributed by atoms with Gasteiger partial charge in [-0.1, -0.05) is 55.2 Å². The number of carbonyl (C=O) groups excluding carboxylic acids is 2. The fraction of sp³-hybridized carbons (Fsp3) is 0.500. The highest BCUT2D eigenvalue weighted by molar-refractivity contribution is 7.92. The quantitative estimate of drug-likeness (QED) is 0.543. The van der Waals surface area contributed by atoms with Crippen molar-refractivity contribution in [1.82, 2.24) is 10.2 Å². The highest BCUT2D eigenvalue weighted by atomic mass is 32.2. The molecule has 196 valence electrons. The molecule has 1 fully saturated rings. The summed E-state index contributed by atoms with van der Waals surface area (Å²) in [5, 5.41) is 3.12.